The predicted octanol–water partition coefficient (Wildman–Crippen LogP) is -0.442. The van der Waals surface area contributed by atoms with Crippen LogP contribution in [0.4, 0.5) is 0 Å². The van der Waals surface area contributed by atoms with E-state index in [9.17, 15) is 19.8 Å². The van der Waals surface area contributed by atoms with Crippen LogP contribution in [-0.2, 0) is 9.53 Å². The molecule has 1 fully saturated rings. The van der Waals surface area contributed by atoms with Gasteiger partial charge in [0.25, 0.3) is 5.91 Å². The first-order valence-corrected chi connectivity index (χ1v) is 8.28. The van der Waals surface area contributed by atoms with E-state index in [1.807, 2.05) is 6.08 Å². The van der Waals surface area contributed by atoms with E-state index in [1.54, 1.807) is 13.8 Å². The first-order chi connectivity index (χ1) is 11.8. The van der Waals surface area contributed by atoms with Gasteiger partial charge < -0.3 is 20.7 Å². The van der Waals surface area contributed by atoms with Crippen LogP contribution in [0.1, 0.15) is 43.3 Å². The molecule has 25 heavy (non-hydrogen) atoms. The second-order valence-corrected chi connectivity index (χ2v) is 6.76. The molecule has 0 spiro atoms. The molecule has 0 bridgehead atoms. The lowest BCUT2D eigenvalue weighted by Gasteiger charge is -2.31. The van der Waals surface area contributed by atoms with Gasteiger partial charge in [-0.2, -0.15) is 5.10 Å². The molecule has 0 radical (unpaired) electrons. The van der Waals surface area contributed by atoms with E-state index in [0.717, 1.165) is 0 Å². The fourth-order valence-electron chi connectivity index (χ4n) is 3.61. The summed E-state index contributed by atoms with van der Waals surface area (Å²) in [5.74, 6) is -2.07. The first kappa shape index (κ1) is 17.6. The summed E-state index contributed by atoms with van der Waals surface area (Å²) in [5.41, 5.74) is 5.99. The highest BCUT2D eigenvalue weighted by Crippen LogP contribution is 2.46. The Balaban J connectivity index is 1.94. The zero-order valence-electron chi connectivity index (χ0n) is 14.1. The van der Waals surface area contributed by atoms with Gasteiger partial charge in [0.05, 0.1) is 12.0 Å². The van der Waals surface area contributed by atoms with Crippen molar-refractivity contribution in [2.24, 2.45) is 17.6 Å². The van der Waals surface area contributed by atoms with Gasteiger partial charge in [-0.3, -0.25) is 9.59 Å². The van der Waals surface area contributed by atoms with Crippen molar-refractivity contribution in [1.29, 1.82) is 0 Å². The van der Waals surface area contributed by atoms with Crippen LogP contribution >= 0.6 is 0 Å². The number of aliphatic hydroxyl groups excluding tert-OH is 2. The molecule has 4 N–H and O–H groups in total. The number of nitrogens with zero attached hydrogens (tertiary/aromatic N) is 3. The number of carbonyl (C=O) groups excluding carboxylic acids is 2. The van der Waals surface area contributed by atoms with Crippen LogP contribution in [0.5, 0.6) is 0 Å². The molecule has 0 aliphatic heterocycles. The van der Waals surface area contributed by atoms with Gasteiger partial charge in [-0.05, 0) is 18.4 Å². The van der Waals surface area contributed by atoms with Crippen LogP contribution < -0.4 is 5.73 Å². The van der Waals surface area contributed by atoms with E-state index in [1.165, 1.54) is 11.0 Å². The van der Waals surface area contributed by atoms with Crippen LogP contribution in [0, 0.1) is 11.8 Å². The number of primary amides is 1. The number of allylic oxidation sites excluding steroid dienone is 1. The predicted molar refractivity (Wildman–Crippen MR) is 85.1 cm³/mol. The monoisotopic (exact) mass is 350 g/mol. The van der Waals surface area contributed by atoms with E-state index in [0.29, 0.717) is 18.4 Å². The summed E-state index contributed by atoms with van der Waals surface area (Å²) in [6.07, 6.45) is 1.35. The Labute approximate surface area is 144 Å². The van der Waals surface area contributed by atoms with Crippen molar-refractivity contribution in [2.45, 2.75) is 51.0 Å². The standard InChI is InChI=1S/C16H22N4O5/c1-7(2)16(24)25-9-5-3-4-8-10(9)12(21)13(22)11(8)20-15(14(17)23)18-6-19-20/h4,6-7,9-13,21-22H,3,5H2,1-2H3,(H2,17,23)/t9-,10-,11-,12-,13+/m1/s1. The average molecular weight is 350 g/mol. The molecule has 1 heterocycles. The number of aliphatic hydroxyl groups is 2. The van der Waals surface area contributed by atoms with E-state index >= 15 is 0 Å². The Morgan fingerprint density at radius 2 is 2.08 bits per heavy atom. The Kier molecular flexibility index (Phi) is 4.61. The van der Waals surface area contributed by atoms with Crippen molar-refractivity contribution < 1.29 is 24.5 Å². The topological polar surface area (TPSA) is 141 Å². The molecule has 1 aromatic rings. The third kappa shape index (κ3) is 2.93. The Bertz CT molecular complexity index is 713. The summed E-state index contributed by atoms with van der Waals surface area (Å²) in [5, 5.41) is 25.1. The molecule has 0 saturated heterocycles. The SMILES string of the molecule is CC(C)C(=O)O[C@@H]1CCC=C2[C@H]1[C@@H](O)[C@@H](O)[C@@H]2n1ncnc1C(N)=O. The van der Waals surface area contributed by atoms with Gasteiger partial charge in [-0.25, -0.2) is 9.67 Å². The minimum Gasteiger partial charge on any atom is -0.461 e. The fraction of sp³-hybridized carbons (Fsp3) is 0.625. The Morgan fingerprint density at radius 3 is 2.72 bits per heavy atom. The number of ether oxygens (including phenoxy) is 1. The molecule has 0 aromatic carbocycles. The zero-order valence-corrected chi connectivity index (χ0v) is 14.1. The van der Waals surface area contributed by atoms with Crippen molar-refractivity contribution in [3.8, 4) is 0 Å². The summed E-state index contributed by atoms with van der Waals surface area (Å²) in [4.78, 5) is 27.3. The lowest BCUT2D eigenvalue weighted by Crippen LogP contribution is -2.38. The quantitative estimate of drug-likeness (QED) is 0.494. The van der Waals surface area contributed by atoms with Crippen LogP contribution in [0.2, 0.25) is 0 Å². The summed E-state index contributed by atoms with van der Waals surface area (Å²) in [7, 11) is 0. The van der Waals surface area contributed by atoms with Gasteiger partial charge >= 0.3 is 5.97 Å². The minimum absolute atomic E-state index is 0.0981. The summed E-state index contributed by atoms with van der Waals surface area (Å²) in [6.45, 7) is 3.47. The Hall–Kier alpha value is -2.26. The normalized spacial score (nSPS) is 31.6. The maximum absolute atomic E-state index is 12.0. The van der Waals surface area contributed by atoms with Crippen LogP contribution in [0.25, 0.3) is 0 Å². The van der Waals surface area contributed by atoms with Crippen molar-refractivity contribution in [1.82, 2.24) is 14.8 Å². The molecule has 3 rings (SSSR count). The minimum atomic E-state index is -1.21. The number of hydrogen-bond acceptors (Lipinski definition) is 7. The van der Waals surface area contributed by atoms with Gasteiger partial charge in [0, 0.05) is 5.92 Å². The molecule has 0 unspecified atom stereocenters. The first-order valence-electron chi connectivity index (χ1n) is 8.28. The second kappa shape index (κ2) is 6.57. The highest BCUT2D eigenvalue weighted by molar-refractivity contribution is 5.89. The summed E-state index contributed by atoms with van der Waals surface area (Å²) >= 11 is 0. The molecule has 136 valence electrons. The molecule has 2 aliphatic rings. The van der Waals surface area contributed by atoms with E-state index in [4.69, 9.17) is 10.5 Å². The average Bonchev–Trinajstić information content (AvgIpc) is 3.12. The van der Waals surface area contributed by atoms with E-state index < -0.39 is 36.2 Å². The highest BCUT2D eigenvalue weighted by Gasteiger charge is 2.52. The number of amides is 1. The zero-order chi connectivity index (χ0) is 18.3. The lowest BCUT2D eigenvalue weighted by atomic mass is 9.85. The largest absolute Gasteiger partial charge is 0.461 e. The van der Waals surface area contributed by atoms with E-state index in [-0.39, 0.29) is 17.7 Å². The molecule has 1 aromatic heterocycles. The molecule has 2 aliphatic carbocycles. The van der Waals surface area contributed by atoms with Gasteiger partial charge in [-0.1, -0.05) is 19.9 Å². The van der Waals surface area contributed by atoms with Crippen molar-refractivity contribution in [3.63, 3.8) is 0 Å². The van der Waals surface area contributed by atoms with E-state index in [2.05, 4.69) is 10.1 Å². The van der Waals surface area contributed by atoms with Crippen molar-refractivity contribution in [2.75, 3.05) is 0 Å². The number of aromatic nitrogens is 3. The molecule has 1 saturated carbocycles. The van der Waals surface area contributed by atoms with Crippen molar-refractivity contribution >= 4 is 11.9 Å². The van der Waals surface area contributed by atoms with Crippen LogP contribution in [-0.4, -0.2) is 55.2 Å². The molecular weight excluding hydrogens is 328 g/mol. The van der Waals surface area contributed by atoms with Gasteiger partial charge in [0.1, 0.15) is 24.6 Å². The highest BCUT2D eigenvalue weighted by atomic mass is 16.5. The lowest BCUT2D eigenvalue weighted by molar-refractivity contribution is -0.158. The second-order valence-electron chi connectivity index (χ2n) is 6.76. The summed E-state index contributed by atoms with van der Waals surface area (Å²) in [6, 6.07) is -0.773. The Morgan fingerprint density at radius 1 is 1.36 bits per heavy atom. The number of rotatable bonds is 4. The maximum Gasteiger partial charge on any atom is 0.308 e. The number of esters is 1. The number of carbonyl (C=O) groups is 2. The van der Waals surface area contributed by atoms with Gasteiger partial charge in [0.15, 0.2) is 0 Å². The molecule has 9 nitrogen and oxygen atoms in total. The maximum atomic E-state index is 12.0. The molecule has 1 amide bonds. The fourth-order valence-corrected chi connectivity index (χ4v) is 3.61. The third-order valence-corrected chi connectivity index (χ3v) is 4.80. The number of fused-ring (bicyclic) bond motifs is 1. The third-order valence-electron chi connectivity index (χ3n) is 4.80. The molecule has 5 atom stereocenters. The van der Waals surface area contributed by atoms with Gasteiger partial charge in [-0.15, -0.1) is 0 Å². The van der Waals surface area contributed by atoms with Crippen molar-refractivity contribution in [3.05, 3.63) is 23.8 Å². The molecule has 9 heteroatoms. The van der Waals surface area contributed by atoms with Gasteiger partial charge in [0.2, 0.25) is 5.82 Å². The van der Waals surface area contributed by atoms with Crippen LogP contribution in [0.15, 0.2) is 18.0 Å². The van der Waals surface area contributed by atoms with Crippen LogP contribution in [0.3, 0.4) is 0 Å². The number of nitrogens with two attached hydrogens (primary N) is 1. The smallest absolute Gasteiger partial charge is 0.308 e. The molecular formula is C16H22N4O5. The number of hydrogen-bond donors (Lipinski definition) is 3. The summed E-state index contributed by atoms with van der Waals surface area (Å²) < 4.78 is 6.77.